The van der Waals surface area contributed by atoms with Gasteiger partial charge in [-0.05, 0) is 36.3 Å². The van der Waals surface area contributed by atoms with Crippen molar-refractivity contribution in [3.8, 4) is 0 Å². The molecule has 0 atom stereocenters. The molecule has 70 valence electrons. The zero-order valence-electron chi connectivity index (χ0n) is 12.0. The summed E-state index contributed by atoms with van der Waals surface area (Å²) >= 11 is 3.27. The van der Waals surface area contributed by atoms with Gasteiger partial charge in [-0.15, -0.1) is 0 Å². The fourth-order valence-corrected chi connectivity index (χ4v) is 1.44. The molecule has 0 unspecified atom stereocenters. The first kappa shape index (κ1) is 4.94. The number of ether oxygens (including phenoxy) is 1. The quantitative estimate of drug-likeness (QED) is 0.738. The Morgan fingerprint density at radius 1 is 1.31 bits per heavy atom. The first-order valence-corrected chi connectivity index (χ1v) is 4.84. The summed E-state index contributed by atoms with van der Waals surface area (Å²) in [5.74, 6) is -1.97. The Morgan fingerprint density at radius 2 is 1.92 bits per heavy atom. The van der Waals surface area contributed by atoms with Crippen LogP contribution in [0, 0.1) is 0 Å². The maximum absolute atomic E-state index is 8.39. The minimum Gasteiger partial charge on any atom is -0.381 e. The average Bonchev–Trinajstić information content (AvgIpc) is 2.26. The maximum Gasteiger partial charge on any atom is 0.0471 e. The van der Waals surface area contributed by atoms with Gasteiger partial charge in [-0.1, -0.05) is 28.1 Å². The molecular weight excluding hydrogens is 228 g/mol. The largest absolute Gasteiger partial charge is 0.381 e. The van der Waals surface area contributed by atoms with Crippen molar-refractivity contribution in [2.45, 2.75) is 18.6 Å². The Labute approximate surface area is 94.3 Å². The maximum atomic E-state index is 8.39. The molecule has 0 aliphatic carbocycles. The molecule has 1 saturated heterocycles. The van der Waals surface area contributed by atoms with Crippen LogP contribution in [0.2, 0.25) is 0 Å². The Hall–Kier alpha value is -0.340. The van der Waals surface area contributed by atoms with Crippen molar-refractivity contribution in [2.75, 3.05) is 13.2 Å². The van der Waals surface area contributed by atoms with E-state index in [1.54, 1.807) is 24.3 Å². The van der Waals surface area contributed by atoms with Crippen molar-refractivity contribution in [3.05, 3.63) is 34.3 Å². The Kier molecular flexibility index (Phi) is 1.62. The lowest BCUT2D eigenvalue weighted by Crippen LogP contribution is -2.13. The van der Waals surface area contributed by atoms with E-state index in [1.165, 1.54) is 0 Å². The first-order valence-electron chi connectivity index (χ1n) is 6.54. The fourth-order valence-electron chi connectivity index (χ4n) is 1.18. The van der Waals surface area contributed by atoms with Crippen LogP contribution in [-0.4, -0.2) is 13.2 Å². The molecule has 1 nitrogen and oxygen atoms in total. The molecule has 0 saturated carbocycles. The third-order valence-corrected chi connectivity index (χ3v) is 2.36. The van der Waals surface area contributed by atoms with E-state index in [4.69, 9.17) is 11.6 Å². The zero-order chi connectivity index (χ0) is 13.6. The summed E-state index contributed by atoms with van der Waals surface area (Å²) in [7, 11) is 0. The predicted octanol–water partition coefficient (Wildman–Crippen LogP) is 3.34. The molecule has 1 aliphatic heterocycles. The van der Waals surface area contributed by atoms with Crippen molar-refractivity contribution >= 4 is 15.9 Å². The smallest absolute Gasteiger partial charge is 0.0471 e. The fraction of sp³-hybridized carbons (Fsp3) is 0.455. The second-order valence-electron chi connectivity index (χ2n) is 2.73. The van der Waals surface area contributed by atoms with Gasteiger partial charge in [0.1, 0.15) is 0 Å². The van der Waals surface area contributed by atoms with Crippen LogP contribution in [0.15, 0.2) is 28.7 Å². The highest BCUT2D eigenvalue weighted by molar-refractivity contribution is 9.10. The summed E-state index contributed by atoms with van der Waals surface area (Å²) in [6, 6.07) is 6.54. The van der Waals surface area contributed by atoms with E-state index in [0.717, 1.165) is 4.47 Å². The van der Waals surface area contributed by atoms with E-state index in [0.29, 0.717) is 5.56 Å². The van der Waals surface area contributed by atoms with E-state index < -0.39 is 18.6 Å². The molecule has 0 amide bonds. The minimum atomic E-state index is -2.08. The Bertz CT molecular complexity index is 429. The molecule has 0 aromatic heterocycles. The summed E-state index contributed by atoms with van der Waals surface area (Å²) in [4.78, 5) is 0. The third kappa shape index (κ3) is 2.32. The third-order valence-electron chi connectivity index (χ3n) is 1.83. The van der Waals surface area contributed by atoms with Gasteiger partial charge < -0.3 is 4.74 Å². The topological polar surface area (TPSA) is 9.23 Å². The van der Waals surface area contributed by atoms with Crippen LogP contribution in [0.3, 0.4) is 0 Å². The second-order valence-corrected chi connectivity index (χ2v) is 3.64. The molecular formula is C11H13BrO. The minimum absolute atomic E-state index is 0.272. The van der Waals surface area contributed by atoms with E-state index in [1.807, 2.05) is 0 Å². The summed E-state index contributed by atoms with van der Waals surface area (Å²) < 4.78 is 45.9. The van der Waals surface area contributed by atoms with Crippen LogP contribution in [0.4, 0.5) is 0 Å². The summed E-state index contributed by atoms with van der Waals surface area (Å²) in [5.41, 5.74) is 0.323. The van der Waals surface area contributed by atoms with E-state index in [9.17, 15) is 0 Å². The van der Waals surface area contributed by atoms with Crippen LogP contribution in [-0.2, 0) is 4.74 Å². The standard InChI is InChI=1S/C11H13BrO/c12-11-3-1-9(2-4-11)10-5-7-13-8-6-10/h1-4,10H,5-8H2/i5D2,6D2,10D. The summed E-state index contributed by atoms with van der Waals surface area (Å²) in [6.07, 6.45) is -4.16. The van der Waals surface area contributed by atoms with Crippen LogP contribution in [0.5, 0.6) is 0 Å². The molecule has 2 rings (SSSR count). The lowest BCUT2D eigenvalue weighted by molar-refractivity contribution is 0.0853. The van der Waals surface area contributed by atoms with Crippen LogP contribution in [0.1, 0.15) is 31.1 Å². The molecule has 0 spiro atoms. The van der Waals surface area contributed by atoms with Gasteiger partial charge in [0.2, 0.25) is 0 Å². The SMILES string of the molecule is [2H]C1([2H])COCC([2H])([2H])C1([2H])c1ccc(Br)cc1. The second kappa shape index (κ2) is 4.25. The molecule has 2 heteroatoms. The van der Waals surface area contributed by atoms with E-state index in [2.05, 4.69) is 15.9 Å². The van der Waals surface area contributed by atoms with Gasteiger partial charge in [-0.3, -0.25) is 0 Å². The molecule has 13 heavy (non-hydrogen) atoms. The van der Waals surface area contributed by atoms with Crippen molar-refractivity contribution < 1.29 is 11.6 Å². The van der Waals surface area contributed by atoms with Crippen LogP contribution < -0.4 is 0 Å². The number of benzene rings is 1. The molecule has 0 radical (unpaired) electrons. The van der Waals surface area contributed by atoms with Gasteiger partial charge in [0, 0.05) is 24.5 Å². The van der Waals surface area contributed by atoms with Gasteiger partial charge >= 0.3 is 0 Å². The van der Waals surface area contributed by atoms with Gasteiger partial charge in [-0.25, -0.2) is 0 Å². The number of halogens is 1. The zero-order valence-corrected chi connectivity index (χ0v) is 8.60. The number of rotatable bonds is 1. The van der Waals surface area contributed by atoms with Gasteiger partial charge in [0.15, 0.2) is 0 Å². The first-order chi connectivity index (χ1) is 8.21. The summed E-state index contributed by atoms with van der Waals surface area (Å²) in [5, 5.41) is 0. The highest BCUT2D eigenvalue weighted by Gasteiger charge is 2.15. The Balaban J connectivity index is 2.56. The highest BCUT2D eigenvalue weighted by Crippen LogP contribution is 2.27. The van der Waals surface area contributed by atoms with E-state index in [-0.39, 0.29) is 13.2 Å². The number of hydrogen-bond acceptors (Lipinski definition) is 1. The van der Waals surface area contributed by atoms with E-state index >= 15 is 0 Å². The predicted molar refractivity (Wildman–Crippen MR) is 56.9 cm³/mol. The van der Waals surface area contributed by atoms with Crippen LogP contribution in [0.25, 0.3) is 0 Å². The van der Waals surface area contributed by atoms with Crippen molar-refractivity contribution in [3.63, 3.8) is 0 Å². The summed E-state index contributed by atoms with van der Waals surface area (Å²) in [6.45, 7) is -0.544. The van der Waals surface area contributed by atoms with Crippen molar-refractivity contribution in [2.24, 2.45) is 0 Å². The average molecular weight is 246 g/mol. The molecule has 1 heterocycles. The normalized spacial score (nSPS) is 34.7. The van der Waals surface area contributed by atoms with Crippen LogP contribution >= 0.6 is 15.9 Å². The lowest BCUT2D eigenvalue weighted by atomic mass is 9.92. The van der Waals surface area contributed by atoms with Gasteiger partial charge in [0.05, 0.1) is 0 Å². The van der Waals surface area contributed by atoms with Crippen molar-refractivity contribution in [1.82, 2.24) is 0 Å². The highest BCUT2D eigenvalue weighted by atomic mass is 79.9. The molecule has 0 N–H and O–H groups in total. The molecule has 1 fully saturated rings. The molecule has 1 aromatic carbocycles. The monoisotopic (exact) mass is 245 g/mol. The van der Waals surface area contributed by atoms with Gasteiger partial charge in [-0.2, -0.15) is 0 Å². The lowest BCUT2D eigenvalue weighted by Gasteiger charge is -2.22. The Morgan fingerprint density at radius 3 is 2.54 bits per heavy atom. The number of hydrogen-bond donors (Lipinski definition) is 0. The molecule has 1 aromatic rings. The van der Waals surface area contributed by atoms with Crippen molar-refractivity contribution in [1.29, 1.82) is 0 Å². The van der Waals surface area contributed by atoms with Gasteiger partial charge in [0.25, 0.3) is 0 Å². The molecule has 0 bridgehead atoms. The molecule has 1 aliphatic rings.